The highest BCUT2D eigenvalue weighted by molar-refractivity contribution is 5.95. The third-order valence-electron chi connectivity index (χ3n) is 14.5. The second-order valence-electron chi connectivity index (χ2n) is 19.1. The van der Waals surface area contributed by atoms with Crippen LogP contribution in [0.15, 0.2) is 131 Å². The van der Waals surface area contributed by atoms with Gasteiger partial charge in [0.15, 0.2) is 0 Å². The quantitative estimate of drug-likeness (QED) is 0.137. The molecule has 2 aromatic heterocycles. The predicted octanol–water partition coefficient (Wildman–Crippen LogP) is 9.72. The van der Waals surface area contributed by atoms with Crippen LogP contribution in [0.4, 0.5) is 20.2 Å². The van der Waals surface area contributed by atoms with Crippen LogP contribution in [0.25, 0.3) is 43.4 Å². The molecule has 6 aromatic carbocycles. The summed E-state index contributed by atoms with van der Waals surface area (Å²) in [6.07, 6.45) is 6.56. The van der Waals surface area contributed by atoms with E-state index in [1.54, 1.807) is 12.1 Å². The van der Waals surface area contributed by atoms with E-state index in [0.717, 1.165) is 65.0 Å². The Morgan fingerprint density at radius 3 is 1.23 bits per heavy atom. The largest absolute Gasteiger partial charge is 0.477 e. The first-order valence-corrected chi connectivity index (χ1v) is 24.1. The number of nitrogens with zero attached hydrogens (tertiary/aromatic N) is 6. The number of hydrogen-bond donors (Lipinski definition) is 2. The zero-order valence-electron chi connectivity index (χ0n) is 39.0. The maximum absolute atomic E-state index is 15.2. The van der Waals surface area contributed by atoms with E-state index in [4.69, 9.17) is 0 Å². The summed E-state index contributed by atoms with van der Waals surface area (Å²) in [6, 6.07) is 35.8. The fourth-order valence-corrected chi connectivity index (χ4v) is 10.5. The number of aromatic nitrogens is 2. The van der Waals surface area contributed by atoms with Crippen molar-refractivity contribution in [2.75, 3.05) is 62.2 Å². The van der Waals surface area contributed by atoms with Gasteiger partial charge in [0.1, 0.15) is 22.8 Å². The SMILES string of the molecule is Cl.O=C(O)c1cn(C2CC2)c2cc(N3CCN(Cc4cccc5ccccc45)CC3)c(F)cc2c1=O.O=C(O)c1cn(C2CC2)c2cc(N3CCN(Cc4cccc5ccccc45)CC3)c(F)cc2c1=O. The van der Waals surface area contributed by atoms with Crippen molar-refractivity contribution in [2.45, 2.75) is 50.9 Å². The van der Waals surface area contributed by atoms with Gasteiger partial charge in [-0.3, -0.25) is 19.4 Å². The molecule has 2 saturated heterocycles. The Morgan fingerprint density at radius 2 is 0.859 bits per heavy atom. The number of carboxylic acid groups (broad SMARTS) is 2. The van der Waals surface area contributed by atoms with E-state index >= 15 is 8.78 Å². The topological polar surface area (TPSA) is 132 Å². The van der Waals surface area contributed by atoms with E-state index in [-0.39, 0.29) is 46.4 Å². The maximum atomic E-state index is 15.2. The highest BCUT2D eigenvalue weighted by Gasteiger charge is 2.31. The minimum atomic E-state index is -1.28. The average Bonchev–Trinajstić information content (AvgIpc) is 4.32. The summed E-state index contributed by atoms with van der Waals surface area (Å²) in [7, 11) is 0. The monoisotopic (exact) mass is 978 g/mol. The number of anilines is 2. The third-order valence-corrected chi connectivity index (χ3v) is 14.5. The third kappa shape index (κ3) is 9.47. The van der Waals surface area contributed by atoms with Crippen molar-refractivity contribution in [1.29, 1.82) is 0 Å². The highest BCUT2D eigenvalue weighted by atomic mass is 35.5. The second-order valence-corrected chi connectivity index (χ2v) is 19.1. The number of benzene rings is 6. The first-order valence-electron chi connectivity index (χ1n) is 24.1. The number of pyridine rings is 2. The average molecular weight is 980 g/mol. The number of halogens is 3. The molecule has 2 aliphatic carbocycles. The molecule has 4 fully saturated rings. The lowest BCUT2D eigenvalue weighted by molar-refractivity contribution is 0.0684. The molecule has 2 saturated carbocycles. The Bertz CT molecular complexity index is 3260. The van der Waals surface area contributed by atoms with Gasteiger partial charge in [0.2, 0.25) is 10.9 Å². The van der Waals surface area contributed by atoms with Crippen LogP contribution in [0.1, 0.15) is 69.6 Å². The molecule has 0 unspecified atom stereocenters. The summed E-state index contributed by atoms with van der Waals surface area (Å²) in [5, 5.41) is 24.1. The molecule has 2 N–H and O–H groups in total. The zero-order valence-corrected chi connectivity index (χ0v) is 39.8. The standard InChI is InChI=1S/2C28H26FN3O3.ClH/c2*29-24-14-22-25(32(20-8-9-20)17-23(27(22)33)28(34)35)15-26(24)31-12-10-30(11-13-31)16-19-6-3-5-18-4-1-2-7-21(18)19;/h2*1-7,14-15,17,20H,8-13,16H2,(H,34,35);1H. The Labute approximate surface area is 413 Å². The number of fused-ring (bicyclic) bond motifs is 4. The molecule has 4 heterocycles. The van der Waals surface area contributed by atoms with Crippen LogP contribution in [0.3, 0.4) is 0 Å². The van der Waals surface area contributed by atoms with Crippen LogP contribution in [-0.2, 0) is 13.1 Å². The van der Waals surface area contributed by atoms with Crippen molar-refractivity contribution < 1.29 is 28.6 Å². The highest BCUT2D eigenvalue weighted by Crippen LogP contribution is 2.40. The summed E-state index contributed by atoms with van der Waals surface area (Å²) in [5.41, 5.74) is 2.86. The normalized spacial score (nSPS) is 16.5. The van der Waals surface area contributed by atoms with Gasteiger partial charge in [-0.15, -0.1) is 12.4 Å². The van der Waals surface area contributed by atoms with Gasteiger partial charge in [-0.05, 0) is 82.6 Å². The van der Waals surface area contributed by atoms with Gasteiger partial charge in [-0.2, -0.15) is 0 Å². The number of aromatic carboxylic acids is 2. The molecule has 0 spiro atoms. The Balaban J connectivity index is 0.000000162. The van der Waals surface area contributed by atoms with Crippen LogP contribution in [0.5, 0.6) is 0 Å². The molecular formula is C56H53ClF2N6O6. The molecule has 0 radical (unpaired) electrons. The van der Waals surface area contributed by atoms with Gasteiger partial charge in [-0.25, -0.2) is 18.4 Å². The minimum Gasteiger partial charge on any atom is -0.477 e. The molecule has 8 aromatic rings. The van der Waals surface area contributed by atoms with E-state index in [1.165, 1.54) is 57.2 Å². The van der Waals surface area contributed by atoms with Gasteiger partial charge < -0.3 is 29.1 Å². The summed E-state index contributed by atoms with van der Waals surface area (Å²) in [5.74, 6) is -3.53. The van der Waals surface area contributed by atoms with Crippen molar-refractivity contribution >= 4 is 79.1 Å². The lowest BCUT2D eigenvalue weighted by Gasteiger charge is -2.36. The van der Waals surface area contributed by atoms with E-state index in [1.807, 2.05) is 31.1 Å². The molecule has 0 amide bonds. The smallest absolute Gasteiger partial charge is 0.341 e. The van der Waals surface area contributed by atoms with Crippen LogP contribution in [-0.4, -0.2) is 93.4 Å². The second kappa shape index (κ2) is 19.6. The minimum absolute atomic E-state index is 0. The van der Waals surface area contributed by atoms with Crippen molar-refractivity contribution in [2.24, 2.45) is 0 Å². The number of hydrogen-bond acceptors (Lipinski definition) is 8. The summed E-state index contributed by atoms with van der Waals surface area (Å²) in [6.45, 7) is 7.58. The maximum Gasteiger partial charge on any atom is 0.341 e. The van der Waals surface area contributed by atoms with E-state index in [2.05, 4.69) is 82.6 Å². The van der Waals surface area contributed by atoms with Crippen LogP contribution >= 0.6 is 12.4 Å². The van der Waals surface area contributed by atoms with Gasteiger partial charge in [0.05, 0.1) is 22.4 Å². The van der Waals surface area contributed by atoms with Crippen LogP contribution < -0.4 is 20.7 Å². The molecule has 2 aliphatic heterocycles. The number of rotatable bonds is 10. The Morgan fingerprint density at radius 1 is 0.493 bits per heavy atom. The Kier molecular flexibility index (Phi) is 13.1. The number of piperazine rings is 2. The van der Waals surface area contributed by atoms with Crippen molar-refractivity contribution in [1.82, 2.24) is 18.9 Å². The first-order chi connectivity index (χ1) is 34.0. The molecule has 364 valence electrons. The fourth-order valence-electron chi connectivity index (χ4n) is 10.5. The molecule has 0 atom stereocenters. The van der Waals surface area contributed by atoms with Gasteiger partial charge in [0.25, 0.3) is 0 Å². The molecule has 12 rings (SSSR count). The fraction of sp³-hybridized carbons (Fsp3) is 0.286. The summed E-state index contributed by atoms with van der Waals surface area (Å²) >= 11 is 0. The van der Waals surface area contributed by atoms with E-state index in [9.17, 15) is 29.4 Å². The molecule has 0 bridgehead atoms. The summed E-state index contributed by atoms with van der Waals surface area (Å²) < 4.78 is 34.2. The molecule has 15 heteroatoms. The lowest BCUT2D eigenvalue weighted by Crippen LogP contribution is -2.46. The Hall–Kier alpha value is -7.13. The van der Waals surface area contributed by atoms with Gasteiger partial charge in [0, 0.05) is 101 Å². The zero-order chi connectivity index (χ0) is 48.2. The van der Waals surface area contributed by atoms with Crippen molar-refractivity contribution in [3.8, 4) is 0 Å². The van der Waals surface area contributed by atoms with Crippen molar-refractivity contribution in [3.05, 3.63) is 176 Å². The summed E-state index contributed by atoms with van der Waals surface area (Å²) in [4.78, 5) is 57.4. The van der Waals surface area contributed by atoms with Crippen LogP contribution in [0, 0.1) is 11.6 Å². The number of carbonyl (C=O) groups is 2. The van der Waals surface area contributed by atoms with E-state index < -0.39 is 34.4 Å². The first kappa shape index (κ1) is 47.5. The lowest BCUT2D eigenvalue weighted by atomic mass is 10.0. The molecule has 71 heavy (non-hydrogen) atoms. The molecule has 12 nitrogen and oxygen atoms in total. The van der Waals surface area contributed by atoms with E-state index in [0.29, 0.717) is 48.6 Å². The van der Waals surface area contributed by atoms with Crippen molar-refractivity contribution in [3.63, 3.8) is 0 Å². The van der Waals surface area contributed by atoms with Gasteiger partial charge in [-0.1, -0.05) is 84.9 Å². The molecular weight excluding hydrogens is 926 g/mol. The predicted molar refractivity (Wildman–Crippen MR) is 277 cm³/mol. The van der Waals surface area contributed by atoms with Crippen LogP contribution in [0.2, 0.25) is 0 Å². The van der Waals surface area contributed by atoms with Gasteiger partial charge >= 0.3 is 11.9 Å². The number of carboxylic acids is 2. The molecule has 4 aliphatic rings.